The fraction of sp³-hybridized carbons (Fsp3) is 0. The van der Waals surface area contributed by atoms with E-state index in [-0.39, 0.29) is 40.9 Å². The third-order valence-corrected chi connectivity index (χ3v) is 1.50. The molecule has 0 aromatic carbocycles. The zero-order chi connectivity index (χ0) is 9.42. The molecule has 8 heteroatoms. The summed E-state index contributed by atoms with van der Waals surface area (Å²) in [6, 6.07) is 1.21. The molecule has 2 aromatic rings. The average Bonchev–Trinajstić information content (AvgIpc) is 2.46. The molecule has 0 aliphatic heterocycles. The van der Waals surface area contributed by atoms with Crippen molar-refractivity contribution in [1.29, 1.82) is 0 Å². The molecule has 0 fully saturated rings. The number of aromatic nitrogens is 4. The maximum absolute atomic E-state index is 10.8. The molecule has 14 heavy (non-hydrogen) atoms. The first-order valence-corrected chi connectivity index (χ1v) is 3.34. The number of rotatable bonds is 1. The summed E-state index contributed by atoms with van der Waals surface area (Å²) in [5, 5.41) is 17.2. The molecule has 2 aromatic heterocycles. The molecule has 0 bridgehead atoms. The van der Waals surface area contributed by atoms with E-state index in [9.17, 15) is 14.7 Å². The molecule has 0 radical (unpaired) electrons. The Morgan fingerprint density at radius 1 is 1.57 bits per heavy atom. The summed E-state index contributed by atoms with van der Waals surface area (Å²) in [5.41, 5.74) is -0.775. The van der Waals surface area contributed by atoms with Crippen molar-refractivity contribution in [3.05, 3.63) is 28.3 Å². The summed E-state index contributed by atoms with van der Waals surface area (Å²) in [6.07, 6.45) is 1.31. The molecule has 0 unspecified atom stereocenters. The third kappa shape index (κ3) is 1.69. The van der Waals surface area contributed by atoms with Gasteiger partial charge >= 0.3 is 29.6 Å². The van der Waals surface area contributed by atoms with Crippen LogP contribution < -0.4 is 40.2 Å². The molecule has 0 amide bonds. The summed E-state index contributed by atoms with van der Waals surface area (Å²) < 4.78 is 1.15. The van der Waals surface area contributed by atoms with Crippen LogP contribution in [0.3, 0.4) is 0 Å². The zero-order valence-electron chi connectivity index (χ0n) is 7.22. The summed E-state index contributed by atoms with van der Waals surface area (Å²) in [6.45, 7) is 0. The molecule has 0 saturated heterocycles. The van der Waals surface area contributed by atoms with Gasteiger partial charge in [-0.1, -0.05) is 5.21 Å². The van der Waals surface area contributed by atoms with Crippen LogP contribution in [0, 0.1) is 0 Å². The number of aromatic carboxylic acids is 1. The molecule has 0 saturated carbocycles. The Kier molecular flexibility index (Phi) is 3.04. The molecule has 0 aliphatic carbocycles. The Hall–Kier alpha value is -1.18. The molecule has 1 N–H and O–H groups in total. The van der Waals surface area contributed by atoms with Crippen molar-refractivity contribution in [2.45, 2.75) is 0 Å². The van der Waals surface area contributed by atoms with Crippen molar-refractivity contribution in [3.63, 3.8) is 0 Å². The topological polar surface area (TPSA) is 103 Å². The second-order valence-corrected chi connectivity index (χ2v) is 2.32. The van der Waals surface area contributed by atoms with E-state index in [4.69, 9.17) is 0 Å². The second kappa shape index (κ2) is 3.91. The van der Waals surface area contributed by atoms with Gasteiger partial charge in [-0.3, -0.25) is 4.79 Å². The number of carboxylic acid groups (broad SMARTS) is 1. The van der Waals surface area contributed by atoms with Gasteiger partial charge in [-0.2, -0.15) is 0 Å². The molecular formula is C6H3N4NaO3. The van der Waals surface area contributed by atoms with E-state index in [0.29, 0.717) is 0 Å². The van der Waals surface area contributed by atoms with Gasteiger partial charge in [0.15, 0.2) is 11.3 Å². The minimum atomic E-state index is -1.48. The van der Waals surface area contributed by atoms with Gasteiger partial charge in [0.1, 0.15) is 0 Å². The van der Waals surface area contributed by atoms with Crippen molar-refractivity contribution in [2.24, 2.45) is 0 Å². The number of nitrogens with one attached hydrogen (secondary N) is 1. The van der Waals surface area contributed by atoms with E-state index in [1.807, 2.05) is 0 Å². The Morgan fingerprint density at radius 2 is 2.29 bits per heavy atom. The van der Waals surface area contributed by atoms with E-state index < -0.39 is 11.5 Å². The molecule has 0 spiro atoms. The molecule has 2 heterocycles. The van der Waals surface area contributed by atoms with Crippen molar-refractivity contribution in [1.82, 2.24) is 19.8 Å². The fourth-order valence-corrected chi connectivity index (χ4v) is 0.948. The van der Waals surface area contributed by atoms with Gasteiger partial charge in [-0.05, 0) is 0 Å². The maximum atomic E-state index is 10.8. The van der Waals surface area contributed by atoms with Gasteiger partial charge in [0.2, 0.25) is 0 Å². The fourth-order valence-electron chi connectivity index (χ4n) is 0.948. The van der Waals surface area contributed by atoms with Crippen LogP contribution in [0.4, 0.5) is 0 Å². The summed E-state index contributed by atoms with van der Waals surface area (Å²) in [7, 11) is 0. The predicted molar refractivity (Wildman–Crippen MR) is 37.9 cm³/mol. The molecular weight excluding hydrogens is 199 g/mol. The van der Waals surface area contributed by atoms with Crippen molar-refractivity contribution >= 4 is 11.6 Å². The van der Waals surface area contributed by atoms with Gasteiger partial charge < -0.3 is 14.9 Å². The second-order valence-electron chi connectivity index (χ2n) is 2.32. The number of aromatic amines is 1. The van der Waals surface area contributed by atoms with Crippen LogP contribution >= 0.6 is 0 Å². The summed E-state index contributed by atoms with van der Waals surface area (Å²) in [4.78, 5) is 23.5. The molecule has 0 atom stereocenters. The van der Waals surface area contributed by atoms with Gasteiger partial charge in [0, 0.05) is 12.3 Å². The van der Waals surface area contributed by atoms with Crippen LogP contribution in [0.25, 0.3) is 5.65 Å². The van der Waals surface area contributed by atoms with Crippen LogP contribution in [-0.4, -0.2) is 25.8 Å². The van der Waals surface area contributed by atoms with E-state index in [1.165, 1.54) is 12.3 Å². The minimum absolute atomic E-state index is 0. The summed E-state index contributed by atoms with van der Waals surface area (Å²) >= 11 is 0. The summed E-state index contributed by atoms with van der Waals surface area (Å²) in [5.74, 6) is -1.48. The van der Waals surface area contributed by atoms with Crippen LogP contribution in [0.1, 0.15) is 10.5 Å². The molecule has 2 rings (SSSR count). The quantitative estimate of drug-likeness (QED) is 0.465. The first kappa shape index (κ1) is 10.9. The van der Waals surface area contributed by atoms with E-state index in [2.05, 4.69) is 15.3 Å². The van der Waals surface area contributed by atoms with Gasteiger partial charge in [0.05, 0.1) is 5.97 Å². The van der Waals surface area contributed by atoms with Crippen LogP contribution in [0.15, 0.2) is 17.1 Å². The number of hydrogen-bond acceptors (Lipinski definition) is 5. The van der Waals surface area contributed by atoms with Crippen molar-refractivity contribution in [3.8, 4) is 0 Å². The Labute approximate surface area is 99.0 Å². The average molecular weight is 202 g/mol. The number of carbonyl (C=O) groups excluding carboxylic acids is 1. The standard InChI is InChI=1S/C6H4N4O3.Na/c11-3-1-2-10-5(7-3)4(6(12)13)8-9-10;/h1-2H,(H,7,11)(H,12,13);/q;+1/p-1. The number of carbonyl (C=O) groups is 1. The van der Waals surface area contributed by atoms with Gasteiger partial charge in [-0.25, -0.2) is 4.52 Å². The smallest absolute Gasteiger partial charge is 0.543 e. The normalized spacial score (nSPS) is 9.71. The number of nitrogens with zero attached hydrogens (tertiary/aromatic N) is 3. The number of carboxylic acids is 1. The van der Waals surface area contributed by atoms with Crippen LogP contribution in [-0.2, 0) is 0 Å². The Morgan fingerprint density at radius 3 is 2.93 bits per heavy atom. The SMILES string of the molecule is O=C([O-])c1nnn2ccc(=O)[nH]c12.[Na+]. The van der Waals surface area contributed by atoms with E-state index in [1.54, 1.807) is 0 Å². The number of fused-ring (bicyclic) bond motifs is 1. The first-order chi connectivity index (χ1) is 6.18. The molecule has 66 valence electrons. The van der Waals surface area contributed by atoms with E-state index in [0.717, 1.165) is 4.52 Å². The first-order valence-electron chi connectivity index (χ1n) is 3.34. The van der Waals surface area contributed by atoms with Crippen LogP contribution in [0.5, 0.6) is 0 Å². The monoisotopic (exact) mass is 202 g/mol. The molecule has 7 nitrogen and oxygen atoms in total. The van der Waals surface area contributed by atoms with Gasteiger partial charge in [-0.15, -0.1) is 5.10 Å². The number of hydrogen-bond donors (Lipinski definition) is 1. The largest absolute Gasteiger partial charge is 1.00 e. The number of H-pyrrole nitrogens is 1. The Balaban J connectivity index is 0.000000980. The predicted octanol–water partition coefficient (Wildman–Crippen LogP) is -5.21. The maximum Gasteiger partial charge on any atom is 1.00 e. The van der Waals surface area contributed by atoms with E-state index >= 15 is 0 Å². The van der Waals surface area contributed by atoms with Gasteiger partial charge in [0.25, 0.3) is 5.56 Å². The third-order valence-electron chi connectivity index (χ3n) is 1.50. The van der Waals surface area contributed by atoms with Crippen molar-refractivity contribution < 1.29 is 39.5 Å². The van der Waals surface area contributed by atoms with Crippen molar-refractivity contribution in [2.75, 3.05) is 0 Å². The Bertz CT molecular complexity index is 531. The minimum Gasteiger partial charge on any atom is -0.543 e. The zero-order valence-corrected chi connectivity index (χ0v) is 9.22. The van der Waals surface area contributed by atoms with Crippen LogP contribution in [0.2, 0.25) is 0 Å². The molecule has 0 aliphatic rings.